The minimum absolute atomic E-state index is 0. The lowest BCUT2D eigenvalue weighted by Crippen LogP contribution is -2.51. The number of carbonyl (C=O) groups is 1. The largest absolute Gasteiger partial charge is 0.493 e. The molecule has 1 atom stereocenters. The minimum atomic E-state index is -4.04. The molecule has 10 heteroatoms. The molecule has 1 aromatic heterocycles. The lowest BCUT2D eigenvalue weighted by Gasteiger charge is -2.32. The van der Waals surface area contributed by atoms with Gasteiger partial charge in [0.1, 0.15) is 11.8 Å². The predicted molar refractivity (Wildman–Crippen MR) is 108 cm³/mol. The van der Waals surface area contributed by atoms with Crippen LogP contribution in [0.25, 0.3) is 0 Å². The van der Waals surface area contributed by atoms with E-state index in [2.05, 4.69) is 4.98 Å². The van der Waals surface area contributed by atoms with Crippen molar-refractivity contribution in [2.75, 3.05) is 6.61 Å². The summed E-state index contributed by atoms with van der Waals surface area (Å²) in [6.07, 6.45) is 3.77. The van der Waals surface area contributed by atoms with Crippen molar-refractivity contribution in [3.63, 3.8) is 0 Å². The number of amides is 1. The van der Waals surface area contributed by atoms with Crippen LogP contribution in [0.2, 0.25) is 0 Å². The van der Waals surface area contributed by atoms with E-state index in [4.69, 9.17) is 4.74 Å². The number of carbonyl (C=O) groups excluding carboxylic acids is 1. The second kappa shape index (κ2) is 9.53. The van der Waals surface area contributed by atoms with Gasteiger partial charge in [-0.1, -0.05) is 19.9 Å². The molecule has 1 aliphatic heterocycles. The van der Waals surface area contributed by atoms with Crippen molar-refractivity contribution in [3.8, 4) is 5.75 Å². The number of ether oxygens (including phenoxy) is 1. The number of pyridine rings is 1. The molecule has 2 aromatic rings. The first-order valence-electron chi connectivity index (χ1n) is 8.95. The first kappa shape index (κ1) is 23.1. The van der Waals surface area contributed by atoms with Gasteiger partial charge in [0.25, 0.3) is 5.91 Å². The van der Waals surface area contributed by atoms with Gasteiger partial charge in [0.15, 0.2) is 0 Å². The average Bonchev–Trinajstić information content (AvgIpc) is 3.15. The van der Waals surface area contributed by atoms with E-state index in [1.165, 1.54) is 6.07 Å². The molecule has 1 aromatic carbocycles. The van der Waals surface area contributed by atoms with E-state index < -0.39 is 22.0 Å². The van der Waals surface area contributed by atoms with Crippen molar-refractivity contribution in [1.29, 1.82) is 0 Å². The second-order valence-electron chi connectivity index (χ2n) is 6.94. The third-order valence-electron chi connectivity index (χ3n) is 4.65. The maximum Gasteiger partial charge on any atom is 0.262 e. The normalized spacial score (nSPS) is 14.1. The summed E-state index contributed by atoms with van der Waals surface area (Å²) < 4.78 is 33.6. The van der Waals surface area contributed by atoms with Gasteiger partial charge in [0.05, 0.1) is 11.5 Å². The van der Waals surface area contributed by atoms with Gasteiger partial charge in [-0.25, -0.2) is 13.9 Å². The van der Waals surface area contributed by atoms with Crippen molar-refractivity contribution in [1.82, 2.24) is 14.8 Å². The number of hydrogen-bond donors (Lipinski definition) is 2. The molecule has 158 valence electrons. The Labute approximate surface area is 176 Å². The molecule has 2 heterocycles. The molecule has 0 fully saturated rings. The van der Waals surface area contributed by atoms with Gasteiger partial charge >= 0.3 is 0 Å². The van der Waals surface area contributed by atoms with Crippen LogP contribution in [0, 0.1) is 5.92 Å². The molecule has 3 rings (SSSR count). The van der Waals surface area contributed by atoms with E-state index in [1.54, 1.807) is 56.0 Å². The van der Waals surface area contributed by atoms with Crippen molar-refractivity contribution < 1.29 is 23.2 Å². The van der Waals surface area contributed by atoms with Gasteiger partial charge in [-0.3, -0.25) is 15.0 Å². The Morgan fingerprint density at radius 2 is 2.10 bits per heavy atom. The van der Waals surface area contributed by atoms with Gasteiger partial charge in [0, 0.05) is 25.4 Å². The Morgan fingerprint density at radius 3 is 2.72 bits per heavy atom. The van der Waals surface area contributed by atoms with Gasteiger partial charge in [-0.15, -0.1) is 12.4 Å². The SMILES string of the molecule is CC(C)[C@H](C(=O)NO)N(Cc1cccnc1)S(=O)(=O)c1ccc2c(c1)CCO2.Cl. The zero-order valence-corrected chi connectivity index (χ0v) is 17.7. The molecule has 29 heavy (non-hydrogen) atoms. The van der Waals surface area contributed by atoms with E-state index in [9.17, 15) is 18.4 Å². The molecule has 0 radical (unpaired) electrons. The first-order chi connectivity index (χ1) is 13.3. The quantitative estimate of drug-likeness (QED) is 0.503. The summed E-state index contributed by atoms with van der Waals surface area (Å²) in [5.74, 6) is -0.491. The number of halogens is 1. The molecule has 8 nitrogen and oxygen atoms in total. The fraction of sp³-hybridized carbons (Fsp3) is 0.368. The van der Waals surface area contributed by atoms with Crippen LogP contribution in [-0.2, 0) is 27.8 Å². The number of nitrogens with one attached hydrogen (secondary N) is 1. The summed E-state index contributed by atoms with van der Waals surface area (Å²) in [6, 6.07) is 7.03. The highest BCUT2D eigenvalue weighted by Gasteiger charge is 2.38. The van der Waals surface area contributed by atoms with Crippen molar-refractivity contribution in [2.24, 2.45) is 5.92 Å². The fourth-order valence-electron chi connectivity index (χ4n) is 3.30. The fourth-order valence-corrected chi connectivity index (χ4v) is 5.05. The van der Waals surface area contributed by atoms with Crippen LogP contribution >= 0.6 is 12.4 Å². The molecular formula is C19H24ClN3O5S. The van der Waals surface area contributed by atoms with Crippen LogP contribution in [0.4, 0.5) is 0 Å². The molecule has 0 bridgehead atoms. The summed E-state index contributed by atoms with van der Waals surface area (Å²) in [4.78, 5) is 16.4. The number of hydrogen-bond acceptors (Lipinski definition) is 6. The zero-order valence-electron chi connectivity index (χ0n) is 16.1. The Kier molecular flexibility index (Phi) is 7.59. The molecule has 1 amide bonds. The maximum absolute atomic E-state index is 13.5. The Hall–Kier alpha value is -2.20. The lowest BCUT2D eigenvalue weighted by atomic mass is 10.0. The van der Waals surface area contributed by atoms with Crippen molar-refractivity contribution in [3.05, 3.63) is 53.9 Å². The van der Waals surface area contributed by atoms with Gasteiger partial charge in [-0.2, -0.15) is 4.31 Å². The van der Waals surface area contributed by atoms with Crippen LogP contribution in [0.3, 0.4) is 0 Å². The van der Waals surface area contributed by atoms with Crippen LogP contribution in [-0.4, -0.2) is 41.5 Å². The molecule has 2 N–H and O–H groups in total. The van der Waals surface area contributed by atoms with Gasteiger partial charge < -0.3 is 4.74 Å². The molecule has 0 unspecified atom stereocenters. The summed E-state index contributed by atoms with van der Waals surface area (Å²) in [5.41, 5.74) is 3.04. The number of benzene rings is 1. The highest BCUT2D eigenvalue weighted by atomic mass is 35.5. The average molecular weight is 442 g/mol. The standard InChI is InChI=1S/C19H23N3O5S.ClH/c1-13(2)18(19(23)21-24)22(12-14-4-3-8-20-11-14)28(25,26)16-5-6-17-15(10-16)7-9-27-17;/h3-6,8,10-11,13,18,24H,7,9,12H2,1-2H3,(H,21,23);1H/t18-;/m1./s1. The number of rotatable bonds is 7. The topological polar surface area (TPSA) is 109 Å². The highest BCUT2D eigenvalue weighted by Crippen LogP contribution is 2.31. The van der Waals surface area contributed by atoms with E-state index in [-0.39, 0.29) is 29.8 Å². The summed E-state index contributed by atoms with van der Waals surface area (Å²) in [5, 5.41) is 9.18. The Balaban J connectivity index is 0.00000300. The van der Waals surface area contributed by atoms with E-state index >= 15 is 0 Å². The maximum atomic E-state index is 13.5. The molecule has 0 spiro atoms. The number of fused-ring (bicyclic) bond motifs is 1. The number of hydroxylamine groups is 1. The van der Waals surface area contributed by atoms with Crippen LogP contribution in [0.15, 0.2) is 47.6 Å². The van der Waals surface area contributed by atoms with E-state index in [0.29, 0.717) is 24.3 Å². The Morgan fingerprint density at radius 1 is 1.34 bits per heavy atom. The third-order valence-corrected chi connectivity index (χ3v) is 6.47. The number of sulfonamides is 1. The van der Waals surface area contributed by atoms with Gasteiger partial charge in [0.2, 0.25) is 10.0 Å². The van der Waals surface area contributed by atoms with Crippen LogP contribution < -0.4 is 10.2 Å². The molecule has 0 aliphatic carbocycles. The first-order valence-corrected chi connectivity index (χ1v) is 10.4. The number of aromatic nitrogens is 1. The lowest BCUT2D eigenvalue weighted by molar-refractivity contribution is -0.134. The smallest absolute Gasteiger partial charge is 0.262 e. The van der Waals surface area contributed by atoms with Crippen molar-refractivity contribution in [2.45, 2.75) is 37.8 Å². The molecular weight excluding hydrogens is 418 g/mol. The molecule has 0 saturated carbocycles. The number of nitrogens with zero attached hydrogens (tertiary/aromatic N) is 2. The predicted octanol–water partition coefficient (Wildman–Crippen LogP) is 2.16. The summed E-state index contributed by atoms with van der Waals surface area (Å²) in [6.45, 7) is 3.91. The van der Waals surface area contributed by atoms with Crippen molar-refractivity contribution >= 4 is 28.3 Å². The highest BCUT2D eigenvalue weighted by molar-refractivity contribution is 7.89. The monoisotopic (exact) mass is 441 g/mol. The minimum Gasteiger partial charge on any atom is -0.493 e. The van der Waals surface area contributed by atoms with Crippen LogP contribution in [0.5, 0.6) is 5.75 Å². The molecule has 1 aliphatic rings. The summed E-state index contributed by atoms with van der Waals surface area (Å²) >= 11 is 0. The second-order valence-corrected chi connectivity index (χ2v) is 8.83. The Bertz CT molecular complexity index is 954. The van der Waals surface area contributed by atoms with E-state index in [0.717, 1.165) is 9.87 Å². The van der Waals surface area contributed by atoms with Crippen LogP contribution in [0.1, 0.15) is 25.0 Å². The zero-order chi connectivity index (χ0) is 20.3. The van der Waals surface area contributed by atoms with Gasteiger partial charge in [-0.05, 0) is 41.3 Å². The molecule has 0 saturated heterocycles. The summed E-state index contributed by atoms with van der Waals surface area (Å²) in [7, 11) is -4.04. The third kappa shape index (κ3) is 4.87. The van der Waals surface area contributed by atoms with E-state index in [1.807, 2.05) is 0 Å².